The first-order valence-corrected chi connectivity index (χ1v) is 9.59. The van der Waals surface area contributed by atoms with E-state index in [1.54, 1.807) is 12.1 Å². The smallest absolute Gasteiger partial charge is 0.416 e. The van der Waals surface area contributed by atoms with E-state index in [4.69, 9.17) is 9.47 Å². The highest BCUT2D eigenvalue weighted by molar-refractivity contribution is 7.89. The van der Waals surface area contributed by atoms with Gasteiger partial charge in [-0.3, -0.25) is 0 Å². The van der Waals surface area contributed by atoms with Crippen molar-refractivity contribution in [2.75, 3.05) is 26.8 Å². The Kier molecular flexibility index (Phi) is 5.45. The van der Waals surface area contributed by atoms with Crippen molar-refractivity contribution in [2.45, 2.75) is 17.2 Å². The molecule has 1 aliphatic heterocycles. The Labute approximate surface area is 155 Å². The standard InChI is InChI=1S/C18H18F3NO4S/c1-25-15-3-2-4-16(11-15)27(23,24)22-9-10-26-17(12-22)13-5-7-14(8-6-13)18(19,20)21/h2-8,11,17H,9-10,12H2,1H3/t17-/m0/s1. The van der Waals surface area contributed by atoms with Gasteiger partial charge in [0.15, 0.2) is 0 Å². The van der Waals surface area contributed by atoms with Crippen LogP contribution in [0.15, 0.2) is 53.4 Å². The summed E-state index contributed by atoms with van der Waals surface area (Å²) >= 11 is 0. The second-order valence-corrected chi connectivity index (χ2v) is 7.96. The number of methoxy groups -OCH3 is 1. The third-order valence-electron chi connectivity index (χ3n) is 4.32. The van der Waals surface area contributed by atoms with Crippen LogP contribution >= 0.6 is 0 Å². The quantitative estimate of drug-likeness (QED) is 0.787. The Hall–Kier alpha value is -2.10. The Bertz CT molecular complexity index is 898. The Morgan fingerprint density at radius 2 is 1.85 bits per heavy atom. The minimum Gasteiger partial charge on any atom is -0.497 e. The summed E-state index contributed by atoms with van der Waals surface area (Å²) in [6.45, 7) is 0.330. The first-order chi connectivity index (χ1) is 12.7. The van der Waals surface area contributed by atoms with Crippen LogP contribution in [0.5, 0.6) is 5.75 Å². The van der Waals surface area contributed by atoms with E-state index in [2.05, 4.69) is 0 Å². The molecule has 0 unspecified atom stereocenters. The van der Waals surface area contributed by atoms with E-state index in [1.807, 2.05) is 0 Å². The number of ether oxygens (including phenoxy) is 2. The summed E-state index contributed by atoms with van der Waals surface area (Å²) in [6, 6.07) is 10.7. The van der Waals surface area contributed by atoms with E-state index in [1.165, 1.54) is 35.7 Å². The lowest BCUT2D eigenvalue weighted by molar-refractivity contribution is -0.137. The molecular formula is C18H18F3NO4S. The monoisotopic (exact) mass is 401 g/mol. The molecule has 1 heterocycles. The van der Waals surface area contributed by atoms with Gasteiger partial charge in [0.25, 0.3) is 0 Å². The van der Waals surface area contributed by atoms with E-state index < -0.39 is 27.9 Å². The molecule has 0 amide bonds. The summed E-state index contributed by atoms with van der Waals surface area (Å²) in [5, 5.41) is 0. The van der Waals surface area contributed by atoms with Crippen LogP contribution in [-0.4, -0.2) is 39.5 Å². The van der Waals surface area contributed by atoms with Gasteiger partial charge >= 0.3 is 6.18 Å². The van der Waals surface area contributed by atoms with Crippen LogP contribution in [0.1, 0.15) is 17.2 Å². The third-order valence-corrected chi connectivity index (χ3v) is 6.18. The van der Waals surface area contributed by atoms with E-state index >= 15 is 0 Å². The van der Waals surface area contributed by atoms with Crippen LogP contribution < -0.4 is 4.74 Å². The fourth-order valence-electron chi connectivity index (χ4n) is 2.84. The summed E-state index contributed by atoms with van der Waals surface area (Å²) in [7, 11) is -2.33. The summed E-state index contributed by atoms with van der Waals surface area (Å²) in [6.07, 6.45) is -5.06. The molecule has 27 heavy (non-hydrogen) atoms. The number of halogens is 3. The van der Waals surface area contributed by atoms with E-state index in [-0.39, 0.29) is 24.6 Å². The molecule has 0 aliphatic carbocycles. The van der Waals surface area contributed by atoms with Crippen molar-refractivity contribution >= 4 is 10.0 Å². The van der Waals surface area contributed by atoms with Crippen molar-refractivity contribution in [3.05, 3.63) is 59.7 Å². The van der Waals surface area contributed by atoms with Crippen LogP contribution in [0.3, 0.4) is 0 Å². The Morgan fingerprint density at radius 3 is 2.48 bits per heavy atom. The number of nitrogens with zero attached hydrogens (tertiary/aromatic N) is 1. The molecule has 146 valence electrons. The third kappa shape index (κ3) is 4.26. The number of benzene rings is 2. The number of rotatable bonds is 4. The minimum absolute atomic E-state index is 0.0188. The maximum absolute atomic E-state index is 12.9. The lowest BCUT2D eigenvalue weighted by atomic mass is 10.1. The van der Waals surface area contributed by atoms with Gasteiger partial charge in [-0.25, -0.2) is 8.42 Å². The normalized spacial score (nSPS) is 19.0. The zero-order chi connectivity index (χ0) is 19.7. The zero-order valence-electron chi connectivity index (χ0n) is 14.4. The number of alkyl halides is 3. The molecule has 0 radical (unpaired) electrons. The van der Waals surface area contributed by atoms with Crippen molar-refractivity contribution in [3.8, 4) is 5.75 Å². The van der Waals surface area contributed by atoms with Gasteiger partial charge in [-0.1, -0.05) is 18.2 Å². The van der Waals surface area contributed by atoms with Crippen molar-refractivity contribution < 1.29 is 31.1 Å². The summed E-state index contributed by atoms with van der Waals surface area (Å²) in [5.41, 5.74) is -0.267. The molecule has 3 rings (SSSR count). The SMILES string of the molecule is COc1cccc(S(=O)(=O)N2CCO[C@H](c3ccc(C(F)(F)F)cc3)C2)c1. The molecule has 1 atom stereocenters. The van der Waals surface area contributed by atoms with E-state index in [0.29, 0.717) is 11.3 Å². The fourth-order valence-corrected chi connectivity index (χ4v) is 4.30. The van der Waals surface area contributed by atoms with Gasteiger partial charge in [0, 0.05) is 19.2 Å². The second kappa shape index (κ2) is 7.49. The maximum atomic E-state index is 12.9. The molecule has 9 heteroatoms. The zero-order valence-corrected chi connectivity index (χ0v) is 15.3. The number of hydrogen-bond donors (Lipinski definition) is 0. The first kappa shape index (κ1) is 19.7. The summed E-state index contributed by atoms with van der Waals surface area (Å²) in [4.78, 5) is 0.0925. The molecule has 2 aromatic rings. The van der Waals surface area contributed by atoms with Crippen molar-refractivity contribution in [2.24, 2.45) is 0 Å². The molecule has 1 fully saturated rings. The number of sulfonamides is 1. The average Bonchev–Trinajstić information content (AvgIpc) is 2.67. The molecule has 0 aromatic heterocycles. The summed E-state index contributed by atoms with van der Waals surface area (Å²) < 4.78 is 75.8. The van der Waals surface area contributed by atoms with Gasteiger partial charge in [-0.15, -0.1) is 0 Å². The van der Waals surface area contributed by atoms with Crippen molar-refractivity contribution in [3.63, 3.8) is 0 Å². The van der Waals surface area contributed by atoms with E-state index in [9.17, 15) is 21.6 Å². The lowest BCUT2D eigenvalue weighted by Crippen LogP contribution is -2.42. The molecule has 1 saturated heterocycles. The van der Waals surface area contributed by atoms with E-state index in [0.717, 1.165) is 12.1 Å². The maximum Gasteiger partial charge on any atom is 0.416 e. The molecular weight excluding hydrogens is 383 g/mol. The molecule has 0 saturated carbocycles. The highest BCUT2D eigenvalue weighted by Crippen LogP contribution is 2.32. The van der Waals surface area contributed by atoms with Crippen LogP contribution in [0.25, 0.3) is 0 Å². The number of hydrogen-bond acceptors (Lipinski definition) is 4. The van der Waals surface area contributed by atoms with Crippen LogP contribution in [0.2, 0.25) is 0 Å². The fraction of sp³-hybridized carbons (Fsp3) is 0.333. The van der Waals surface area contributed by atoms with Crippen molar-refractivity contribution in [1.82, 2.24) is 4.31 Å². The minimum atomic E-state index is -4.42. The Morgan fingerprint density at radius 1 is 1.15 bits per heavy atom. The van der Waals surface area contributed by atoms with Gasteiger partial charge in [0.05, 0.1) is 30.3 Å². The van der Waals surface area contributed by atoms with Gasteiger partial charge in [0.2, 0.25) is 10.0 Å². The molecule has 0 spiro atoms. The summed E-state index contributed by atoms with van der Waals surface area (Å²) in [5.74, 6) is 0.420. The predicted octanol–water partition coefficient (Wildman–Crippen LogP) is 3.48. The predicted molar refractivity (Wildman–Crippen MR) is 91.9 cm³/mol. The van der Waals surface area contributed by atoms with Gasteiger partial charge in [0.1, 0.15) is 5.75 Å². The second-order valence-electron chi connectivity index (χ2n) is 6.02. The highest BCUT2D eigenvalue weighted by Gasteiger charge is 2.33. The highest BCUT2D eigenvalue weighted by atomic mass is 32.2. The van der Waals surface area contributed by atoms with Crippen LogP contribution in [0.4, 0.5) is 13.2 Å². The Balaban J connectivity index is 1.81. The molecule has 0 bridgehead atoms. The van der Waals surface area contributed by atoms with Crippen LogP contribution in [0, 0.1) is 0 Å². The van der Waals surface area contributed by atoms with Gasteiger partial charge in [-0.2, -0.15) is 17.5 Å². The molecule has 5 nitrogen and oxygen atoms in total. The van der Waals surface area contributed by atoms with Crippen molar-refractivity contribution in [1.29, 1.82) is 0 Å². The molecule has 2 aromatic carbocycles. The van der Waals surface area contributed by atoms with Crippen LogP contribution in [-0.2, 0) is 20.9 Å². The lowest BCUT2D eigenvalue weighted by Gasteiger charge is -2.32. The van der Waals surface area contributed by atoms with Gasteiger partial charge < -0.3 is 9.47 Å². The largest absolute Gasteiger partial charge is 0.497 e. The topological polar surface area (TPSA) is 55.8 Å². The number of morpholine rings is 1. The molecule has 0 N–H and O–H groups in total. The van der Waals surface area contributed by atoms with Gasteiger partial charge in [-0.05, 0) is 29.8 Å². The molecule has 1 aliphatic rings. The average molecular weight is 401 g/mol. The first-order valence-electron chi connectivity index (χ1n) is 8.15.